The summed E-state index contributed by atoms with van der Waals surface area (Å²) in [6.45, 7) is 4.37. The summed E-state index contributed by atoms with van der Waals surface area (Å²) in [5.74, 6) is 1.38. The van der Waals surface area contributed by atoms with Gasteiger partial charge in [0, 0.05) is 43.8 Å². The van der Waals surface area contributed by atoms with Crippen molar-refractivity contribution in [1.29, 1.82) is 0 Å². The first kappa shape index (κ1) is 14.6. The minimum atomic E-state index is -0.421. The van der Waals surface area contributed by atoms with Gasteiger partial charge in [-0.1, -0.05) is 0 Å². The second-order valence-electron chi connectivity index (χ2n) is 5.11. The average molecular weight is 303 g/mol. The number of hydrogen-bond acceptors (Lipinski definition) is 6. The number of nitrogens with zero attached hydrogens (tertiary/aromatic N) is 4. The molecular weight excluding hydrogens is 286 g/mol. The molecule has 0 spiro atoms. The van der Waals surface area contributed by atoms with Crippen LogP contribution in [0.1, 0.15) is 5.82 Å². The summed E-state index contributed by atoms with van der Waals surface area (Å²) in [5.41, 5.74) is 0.825. The van der Waals surface area contributed by atoms with E-state index >= 15 is 0 Å². The van der Waals surface area contributed by atoms with E-state index in [0.717, 1.165) is 50.7 Å². The monoisotopic (exact) mass is 303 g/mol. The second-order valence-corrected chi connectivity index (χ2v) is 5.11. The molecule has 0 unspecified atom stereocenters. The van der Waals surface area contributed by atoms with Crippen molar-refractivity contribution in [3.63, 3.8) is 0 Å². The lowest BCUT2D eigenvalue weighted by Crippen LogP contribution is -2.37. The largest absolute Gasteiger partial charge is 0.379 e. The van der Waals surface area contributed by atoms with E-state index in [0.29, 0.717) is 5.82 Å². The van der Waals surface area contributed by atoms with Crippen molar-refractivity contribution in [2.75, 3.05) is 32.8 Å². The van der Waals surface area contributed by atoms with E-state index in [4.69, 9.17) is 4.74 Å². The Bertz CT molecular complexity index is 634. The number of aromatic nitrogens is 3. The minimum absolute atomic E-state index is 0.0619. The van der Waals surface area contributed by atoms with Crippen molar-refractivity contribution < 1.29 is 9.66 Å². The molecule has 1 saturated heterocycles. The molecule has 1 fully saturated rings. The Hall–Kier alpha value is -2.32. The Labute approximate surface area is 127 Å². The van der Waals surface area contributed by atoms with Gasteiger partial charge in [0.15, 0.2) is 5.82 Å². The Morgan fingerprint density at radius 3 is 2.68 bits per heavy atom. The molecule has 2 heterocycles. The quantitative estimate of drug-likeness (QED) is 0.659. The smallest absolute Gasteiger partial charge is 0.269 e. The molecule has 8 nitrogen and oxygen atoms in total. The number of benzene rings is 1. The Morgan fingerprint density at radius 2 is 2.00 bits per heavy atom. The predicted molar refractivity (Wildman–Crippen MR) is 79.4 cm³/mol. The fourth-order valence-corrected chi connectivity index (χ4v) is 2.36. The topological polar surface area (TPSA) is 97.2 Å². The Kier molecular flexibility index (Phi) is 4.40. The standard InChI is InChI=1S/C14H17N5O3/c20-19(21)12-3-1-11(2-4-12)14-15-13(16-17-14)5-6-18-7-9-22-10-8-18/h1-4H,5-10H2,(H,15,16,17). The van der Waals surface area contributed by atoms with E-state index in [1.807, 2.05) is 0 Å². The lowest BCUT2D eigenvalue weighted by Gasteiger charge is -2.25. The summed E-state index contributed by atoms with van der Waals surface area (Å²) in [4.78, 5) is 17.0. The van der Waals surface area contributed by atoms with Gasteiger partial charge in [0.05, 0.1) is 18.1 Å². The number of aromatic amines is 1. The molecule has 0 aliphatic carbocycles. The van der Waals surface area contributed by atoms with Crippen LogP contribution in [0, 0.1) is 10.1 Å². The molecule has 1 aromatic heterocycles. The number of nitro groups is 1. The second kappa shape index (κ2) is 6.63. The molecule has 1 aromatic carbocycles. The molecule has 1 aliphatic heterocycles. The molecule has 1 aliphatic rings. The van der Waals surface area contributed by atoms with Crippen LogP contribution in [0.25, 0.3) is 11.4 Å². The summed E-state index contributed by atoms with van der Waals surface area (Å²) >= 11 is 0. The van der Waals surface area contributed by atoms with Gasteiger partial charge < -0.3 is 4.74 Å². The summed E-state index contributed by atoms with van der Waals surface area (Å²) in [7, 11) is 0. The van der Waals surface area contributed by atoms with E-state index in [-0.39, 0.29) is 5.69 Å². The van der Waals surface area contributed by atoms with Gasteiger partial charge in [-0.3, -0.25) is 20.1 Å². The Morgan fingerprint density at radius 1 is 1.27 bits per heavy atom. The maximum absolute atomic E-state index is 10.6. The van der Waals surface area contributed by atoms with E-state index < -0.39 is 4.92 Å². The Balaban J connectivity index is 1.61. The number of nitrogens with one attached hydrogen (secondary N) is 1. The molecule has 8 heteroatoms. The zero-order valence-corrected chi connectivity index (χ0v) is 12.1. The van der Waals surface area contributed by atoms with Crippen LogP contribution in [0.5, 0.6) is 0 Å². The fraction of sp³-hybridized carbons (Fsp3) is 0.429. The van der Waals surface area contributed by atoms with Gasteiger partial charge >= 0.3 is 0 Å². The summed E-state index contributed by atoms with van der Waals surface area (Å²) in [6.07, 6.45) is 0.792. The molecule has 0 amide bonds. The minimum Gasteiger partial charge on any atom is -0.379 e. The first-order valence-corrected chi connectivity index (χ1v) is 7.18. The highest BCUT2D eigenvalue weighted by Gasteiger charge is 2.12. The van der Waals surface area contributed by atoms with Gasteiger partial charge in [0.25, 0.3) is 5.69 Å². The van der Waals surface area contributed by atoms with Crippen molar-refractivity contribution in [2.45, 2.75) is 6.42 Å². The highest BCUT2D eigenvalue weighted by molar-refractivity contribution is 5.56. The third-order valence-electron chi connectivity index (χ3n) is 3.64. The van der Waals surface area contributed by atoms with E-state index in [2.05, 4.69) is 20.1 Å². The van der Waals surface area contributed by atoms with Gasteiger partial charge in [-0.15, -0.1) is 0 Å². The highest BCUT2D eigenvalue weighted by Crippen LogP contribution is 2.19. The number of non-ortho nitro benzene ring substituents is 1. The van der Waals surface area contributed by atoms with Crippen molar-refractivity contribution in [2.24, 2.45) is 0 Å². The zero-order valence-electron chi connectivity index (χ0n) is 12.1. The number of hydrogen-bond donors (Lipinski definition) is 1. The van der Waals surface area contributed by atoms with Gasteiger partial charge in [0.1, 0.15) is 5.82 Å². The van der Waals surface area contributed by atoms with Gasteiger partial charge in [-0.05, 0) is 12.1 Å². The molecular formula is C14H17N5O3. The number of morpholine rings is 1. The van der Waals surface area contributed by atoms with Crippen LogP contribution >= 0.6 is 0 Å². The maximum atomic E-state index is 10.6. The van der Waals surface area contributed by atoms with Gasteiger partial charge in [-0.2, -0.15) is 5.10 Å². The molecule has 0 radical (unpaired) electrons. The van der Waals surface area contributed by atoms with Crippen LogP contribution in [0.3, 0.4) is 0 Å². The lowest BCUT2D eigenvalue weighted by atomic mass is 10.2. The van der Waals surface area contributed by atoms with Crippen LogP contribution in [0.15, 0.2) is 24.3 Å². The summed E-state index contributed by atoms with van der Waals surface area (Å²) < 4.78 is 5.31. The molecule has 116 valence electrons. The fourth-order valence-electron chi connectivity index (χ4n) is 2.36. The van der Waals surface area contributed by atoms with Crippen LogP contribution < -0.4 is 0 Å². The van der Waals surface area contributed by atoms with Crippen molar-refractivity contribution in [3.05, 3.63) is 40.2 Å². The van der Waals surface area contributed by atoms with Crippen LogP contribution in [0.4, 0.5) is 5.69 Å². The van der Waals surface area contributed by atoms with Gasteiger partial charge in [0.2, 0.25) is 0 Å². The van der Waals surface area contributed by atoms with E-state index in [1.165, 1.54) is 12.1 Å². The molecule has 0 atom stereocenters. The first-order valence-electron chi connectivity index (χ1n) is 7.18. The van der Waals surface area contributed by atoms with Gasteiger partial charge in [-0.25, -0.2) is 4.98 Å². The van der Waals surface area contributed by atoms with E-state index in [1.54, 1.807) is 12.1 Å². The molecule has 3 rings (SSSR count). The van der Waals surface area contributed by atoms with Crippen molar-refractivity contribution in [3.8, 4) is 11.4 Å². The zero-order chi connectivity index (χ0) is 15.4. The van der Waals surface area contributed by atoms with Crippen LogP contribution in [-0.2, 0) is 11.2 Å². The predicted octanol–water partition coefficient (Wildman–Crippen LogP) is 1.25. The summed E-state index contributed by atoms with van der Waals surface area (Å²) in [5, 5.41) is 17.7. The molecule has 1 N–H and O–H groups in total. The molecule has 22 heavy (non-hydrogen) atoms. The number of nitro benzene ring substituents is 1. The van der Waals surface area contributed by atoms with E-state index in [9.17, 15) is 10.1 Å². The molecule has 0 bridgehead atoms. The number of ether oxygens (including phenoxy) is 1. The first-order chi connectivity index (χ1) is 10.7. The highest BCUT2D eigenvalue weighted by atomic mass is 16.6. The average Bonchev–Trinajstić information content (AvgIpc) is 3.03. The third-order valence-corrected chi connectivity index (χ3v) is 3.64. The van der Waals surface area contributed by atoms with Crippen molar-refractivity contribution in [1.82, 2.24) is 20.1 Å². The van der Waals surface area contributed by atoms with Crippen molar-refractivity contribution >= 4 is 5.69 Å². The SMILES string of the molecule is O=[N+]([O-])c1ccc(-c2n[nH]c(CCN3CCOCC3)n2)cc1. The van der Waals surface area contributed by atoms with Crippen LogP contribution in [-0.4, -0.2) is 57.9 Å². The lowest BCUT2D eigenvalue weighted by molar-refractivity contribution is -0.384. The third kappa shape index (κ3) is 3.46. The normalized spacial score (nSPS) is 15.8. The molecule has 2 aromatic rings. The summed E-state index contributed by atoms with van der Waals surface area (Å²) in [6, 6.07) is 6.23. The number of rotatable bonds is 5. The molecule has 0 saturated carbocycles. The number of H-pyrrole nitrogens is 1. The maximum Gasteiger partial charge on any atom is 0.269 e. The van der Waals surface area contributed by atoms with Crippen LogP contribution in [0.2, 0.25) is 0 Å².